The molecule has 2 amide bonds. The molecule has 2 N–H and O–H groups in total. The Morgan fingerprint density at radius 1 is 1.12 bits per heavy atom. The molecule has 2 aromatic rings. The van der Waals surface area contributed by atoms with Crippen LogP contribution in [-0.4, -0.2) is 45.2 Å². The number of rotatable bonds is 5. The maximum absolute atomic E-state index is 13.2. The Morgan fingerprint density at radius 2 is 1.73 bits per heavy atom. The first kappa shape index (κ1) is 26.5. The SMILES string of the molecule is CC[C@H](c1c[nH]c2ccc(Cl)cc12)[C@@](C)(C=O)N(NC(=O)OC(C)(C)C)C(=O)OC(C)(C)C. The molecular formula is C24H34ClN3O5. The summed E-state index contributed by atoms with van der Waals surface area (Å²) in [6, 6.07) is 5.41. The third-order valence-electron chi connectivity index (χ3n) is 5.06. The fraction of sp³-hybridized carbons (Fsp3) is 0.542. The number of H-pyrrole nitrogens is 1. The minimum Gasteiger partial charge on any atom is -0.443 e. The second-order valence-corrected chi connectivity index (χ2v) is 10.6. The molecule has 0 unspecified atom stereocenters. The minimum atomic E-state index is -1.51. The number of nitrogens with one attached hydrogen (secondary N) is 2. The number of aldehydes is 1. The number of hydrogen-bond acceptors (Lipinski definition) is 5. The number of halogens is 1. The average Bonchev–Trinajstić information content (AvgIpc) is 3.06. The van der Waals surface area contributed by atoms with Crippen LogP contribution in [-0.2, 0) is 14.3 Å². The molecule has 0 bridgehead atoms. The molecule has 2 atom stereocenters. The molecule has 0 aliphatic heterocycles. The standard InChI is InChI=1S/C24H34ClN3O5/c1-9-18(17-13-26-19-11-10-15(25)12-16(17)19)24(8,14-29)28(21(31)33-23(5,6)7)27-20(30)32-22(2,3)4/h10-14,18,26H,9H2,1-8H3,(H,27,30)/t18-,24-/m1/s1. The van der Waals surface area contributed by atoms with Crippen LogP contribution in [0.4, 0.5) is 9.59 Å². The van der Waals surface area contributed by atoms with Crippen molar-refractivity contribution < 1.29 is 23.9 Å². The molecule has 33 heavy (non-hydrogen) atoms. The van der Waals surface area contributed by atoms with Crippen molar-refractivity contribution in [1.82, 2.24) is 15.4 Å². The van der Waals surface area contributed by atoms with Gasteiger partial charge in [-0.2, -0.15) is 0 Å². The molecule has 0 saturated carbocycles. The molecule has 0 radical (unpaired) electrons. The number of carbonyl (C=O) groups excluding carboxylic acids is 3. The van der Waals surface area contributed by atoms with E-state index in [0.29, 0.717) is 17.7 Å². The number of nitrogens with zero attached hydrogens (tertiary/aromatic N) is 1. The van der Waals surface area contributed by atoms with E-state index >= 15 is 0 Å². The molecule has 8 nitrogen and oxygen atoms in total. The lowest BCUT2D eigenvalue weighted by atomic mass is 9.79. The predicted molar refractivity (Wildman–Crippen MR) is 128 cm³/mol. The lowest BCUT2D eigenvalue weighted by molar-refractivity contribution is -0.121. The molecule has 2 rings (SSSR count). The van der Waals surface area contributed by atoms with Gasteiger partial charge in [0.25, 0.3) is 0 Å². The van der Waals surface area contributed by atoms with Crippen LogP contribution < -0.4 is 5.43 Å². The fourth-order valence-electron chi connectivity index (χ4n) is 3.70. The zero-order valence-corrected chi connectivity index (χ0v) is 21.3. The van der Waals surface area contributed by atoms with Gasteiger partial charge in [-0.05, 0) is 78.6 Å². The summed E-state index contributed by atoms with van der Waals surface area (Å²) in [7, 11) is 0. The quantitative estimate of drug-likeness (QED) is 0.407. The first-order chi connectivity index (χ1) is 15.1. The van der Waals surface area contributed by atoms with Gasteiger partial charge in [-0.25, -0.2) is 20.0 Å². The van der Waals surface area contributed by atoms with Crippen molar-refractivity contribution in [3.63, 3.8) is 0 Å². The maximum Gasteiger partial charge on any atom is 0.430 e. The normalized spacial score (nSPS) is 14.8. The molecule has 0 fully saturated rings. The number of ether oxygens (including phenoxy) is 2. The molecular weight excluding hydrogens is 446 g/mol. The van der Waals surface area contributed by atoms with Gasteiger partial charge in [0.2, 0.25) is 0 Å². The maximum atomic E-state index is 13.2. The molecule has 0 spiro atoms. The van der Waals surface area contributed by atoms with E-state index in [1.165, 1.54) is 0 Å². The topological polar surface area (TPSA) is 101 Å². The number of hydrazine groups is 1. The van der Waals surface area contributed by atoms with Gasteiger partial charge in [0.15, 0.2) is 0 Å². The Hall–Kier alpha value is -2.74. The highest BCUT2D eigenvalue weighted by Crippen LogP contribution is 2.39. The van der Waals surface area contributed by atoms with Gasteiger partial charge in [0, 0.05) is 28.0 Å². The van der Waals surface area contributed by atoms with Crippen LogP contribution in [0.2, 0.25) is 5.02 Å². The van der Waals surface area contributed by atoms with E-state index in [-0.39, 0.29) is 0 Å². The van der Waals surface area contributed by atoms with Gasteiger partial charge >= 0.3 is 12.2 Å². The number of benzene rings is 1. The number of amides is 2. The van der Waals surface area contributed by atoms with Crippen molar-refractivity contribution >= 4 is 41.0 Å². The first-order valence-electron chi connectivity index (χ1n) is 10.9. The summed E-state index contributed by atoms with van der Waals surface area (Å²) in [6.07, 6.45) is 1.16. The van der Waals surface area contributed by atoms with Gasteiger partial charge in [0.05, 0.1) is 0 Å². The summed E-state index contributed by atoms with van der Waals surface area (Å²) < 4.78 is 10.9. The Labute approximate surface area is 199 Å². The van der Waals surface area contributed by atoms with Crippen LogP contribution in [0.3, 0.4) is 0 Å². The highest BCUT2D eigenvalue weighted by molar-refractivity contribution is 6.31. The highest BCUT2D eigenvalue weighted by Gasteiger charge is 2.46. The number of hydrogen-bond donors (Lipinski definition) is 2. The van der Waals surface area contributed by atoms with Crippen molar-refractivity contribution in [3.8, 4) is 0 Å². The molecule has 1 aromatic heterocycles. The fourth-order valence-corrected chi connectivity index (χ4v) is 3.88. The third-order valence-corrected chi connectivity index (χ3v) is 5.30. The lowest BCUT2D eigenvalue weighted by Gasteiger charge is -2.42. The second-order valence-electron chi connectivity index (χ2n) is 10.2. The van der Waals surface area contributed by atoms with Crippen LogP contribution in [0, 0.1) is 0 Å². The van der Waals surface area contributed by atoms with Gasteiger partial charge in [-0.3, -0.25) is 0 Å². The van der Waals surface area contributed by atoms with Crippen molar-refractivity contribution in [1.29, 1.82) is 0 Å². The molecule has 9 heteroatoms. The molecule has 0 saturated heterocycles. The van der Waals surface area contributed by atoms with E-state index in [1.54, 1.807) is 66.8 Å². The van der Waals surface area contributed by atoms with Crippen molar-refractivity contribution in [2.75, 3.05) is 0 Å². The van der Waals surface area contributed by atoms with Gasteiger partial charge in [0.1, 0.15) is 23.0 Å². The first-order valence-corrected chi connectivity index (χ1v) is 11.2. The molecule has 0 aliphatic carbocycles. The summed E-state index contributed by atoms with van der Waals surface area (Å²) >= 11 is 6.22. The van der Waals surface area contributed by atoms with E-state index in [2.05, 4.69) is 10.4 Å². The summed E-state index contributed by atoms with van der Waals surface area (Å²) in [5, 5.41) is 2.29. The van der Waals surface area contributed by atoms with Crippen LogP contribution >= 0.6 is 11.6 Å². The van der Waals surface area contributed by atoms with E-state index < -0.39 is 34.8 Å². The van der Waals surface area contributed by atoms with Crippen LogP contribution in [0.25, 0.3) is 10.9 Å². The highest BCUT2D eigenvalue weighted by atomic mass is 35.5. The van der Waals surface area contributed by atoms with E-state index in [9.17, 15) is 14.4 Å². The summed E-state index contributed by atoms with van der Waals surface area (Å²) in [5.74, 6) is -0.510. The van der Waals surface area contributed by atoms with Gasteiger partial charge in [-0.15, -0.1) is 0 Å². The van der Waals surface area contributed by atoms with E-state index in [4.69, 9.17) is 21.1 Å². The van der Waals surface area contributed by atoms with E-state index in [1.807, 2.05) is 13.0 Å². The second kappa shape index (κ2) is 9.63. The Bertz CT molecular complexity index is 1020. The monoisotopic (exact) mass is 479 g/mol. The Balaban J connectivity index is 2.59. The minimum absolute atomic E-state index is 0.476. The van der Waals surface area contributed by atoms with Crippen LogP contribution in [0.5, 0.6) is 0 Å². The number of aromatic nitrogens is 1. The van der Waals surface area contributed by atoms with Gasteiger partial charge < -0.3 is 19.3 Å². The zero-order chi connectivity index (χ0) is 25.2. The average molecular weight is 480 g/mol. The molecule has 0 aliphatic rings. The molecule has 1 aromatic carbocycles. The number of fused-ring (bicyclic) bond motifs is 1. The smallest absolute Gasteiger partial charge is 0.430 e. The largest absolute Gasteiger partial charge is 0.443 e. The lowest BCUT2D eigenvalue weighted by Crippen LogP contribution is -2.63. The third kappa shape index (κ3) is 6.41. The number of aromatic amines is 1. The van der Waals surface area contributed by atoms with Gasteiger partial charge in [-0.1, -0.05) is 18.5 Å². The predicted octanol–water partition coefficient (Wildman–Crippen LogP) is 5.95. The molecule has 182 valence electrons. The summed E-state index contributed by atoms with van der Waals surface area (Å²) in [4.78, 5) is 41.7. The van der Waals surface area contributed by atoms with Crippen molar-refractivity contribution in [3.05, 3.63) is 35.0 Å². The Morgan fingerprint density at radius 3 is 2.24 bits per heavy atom. The van der Waals surface area contributed by atoms with Crippen LogP contribution in [0.1, 0.15) is 73.3 Å². The Kier molecular flexibility index (Phi) is 7.74. The number of carbonyl (C=O) groups is 3. The van der Waals surface area contributed by atoms with E-state index in [0.717, 1.165) is 21.5 Å². The summed E-state index contributed by atoms with van der Waals surface area (Å²) in [6.45, 7) is 13.7. The van der Waals surface area contributed by atoms with Crippen LogP contribution in [0.15, 0.2) is 24.4 Å². The van der Waals surface area contributed by atoms with Crippen molar-refractivity contribution in [2.45, 2.75) is 84.5 Å². The summed E-state index contributed by atoms with van der Waals surface area (Å²) in [5.41, 5.74) is 0.902. The molecule has 1 heterocycles. The zero-order valence-electron chi connectivity index (χ0n) is 20.5. The van der Waals surface area contributed by atoms with Crippen molar-refractivity contribution in [2.24, 2.45) is 0 Å².